The lowest BCUT2D eigenvalue weighted by Gasteiger charge is -2.35. The fourth-order valence-corrected chi connectivity index (χ4v) is 5.12. The van der Waals surface area contributed by atoms with Crippen LogP contribution < -0.4 is 10.5 Å². The summed E-state index contributed by atoms with van der Waals surface area (Å²) in [6.07, 6.45) is 1.85. The second-order valence-electron chi connectivity index (χ2n) is 10.7. The van der Waals surface area contributed by atoms with Gasteiger partial charge >= 0.3 is 0 Å². The first-order valence-corrected chi connectivity index (χ1v) is 16.5. The van der Waals surface area contributed by atoms with E-state index in [1.807, 2.05) is 6.07 Å². The summed E-state index contributed by atoms with van der Waals surface area (Å²) in [5, 5.41) is 0. The van der Waals surface area contributed by atoms with Crippen molar-refractivity contribution in [1.82, 2.24) is 14.8 Å². The molecule has 11 heteroatoms. The van der Waals surface area contributed by atoms with Crippen molar-refractivity contribution in [3.63, 3.8) is 0 Å². The van der Waals surface area contributed by atoms with Gasteiger partial charge in [0, 0.05) is 38.8 Å². The molecule has 1 unspecified atom stereocenters. The van der Waals surface area contributed by atoms with E-state index in [0.29, 0.717) is 23.5 Å². The molecule has 1 aromatic heterocycles. The second-order valence-corrected chi connectivity index (χ2v) is 16.3. The van der Waals surface area contributed by atoms with E-state index in [4.69, 9.17) is 15.2 Å². The average molecular weight is 549 g/mol. The van der Waals surface area contributed by atoms with Crippen molar-refractivity contribution in [2.45, 2.75) is 51.1 Å². The lowest BCUT2D eigenvalue weighted by Crippen LogP contribution is -2.55. The van der Waals surface area contributed by atoms with Crippen LogP contribution in [0, 0.1) is 11.8 Å². The van der Waals surface area contributed by atoms with Crippen molar-refractivity contribution in [2.75, 3.05) is 19.9 Å². The zero-order valence-corrected chi connectivity index (χ0v) is 23.4. The fraction of sp³-hybridized carbons (Fsp3) is 0.393. The Bertz CT molecular complexity index is 1340. The van der Waals surface area contributed by atoms with E-state index in [1.165, 1.54) is 17.2 Å². The highest BCUT2D eigenvalue weighted by atomic mass is 28.3. The van der Waals surface area contributed by atoms with Gasteiger partial charge in [0.25, 0.3) is 17.7 Å². The van der Waals surface area contributed by atoms with E-state index < -0.39 is 25.9 Å². The summed E-state index contributed by atoms with van der Waals surface area (Å²) in [4.78, 5) is 56.7. The van der Waals surface area contributed by atoms with E-state index in [1.54, 1.807) is 18.2 Å². The summed E-state index contributed by atoms with van der Waals surface area (Å²) in [5.41, 5.74) is 7.23. The highest BCUT2D eigenvalue weighted by Gasteiger charge is 2.43. The molecule has 2 aliphatic rings. The molecule has 2 N–H and O–H groups in total. The minimum absolute atomic E-state index is 0.0643. The molecule has 0 aliphatic carbocycles. The Morgan fingerprint density at radius 3 is 2.67 bits per heavy atom. The third-order valence-electron chi connectivity index (χ3n) is 6.60. The van der Waals surface area contributed by atoms with Crippen LogP contribution in [0.1, 0.15) is 44.8 Å². The van der Waals surface area contributed by atoms with Gasteiger partial charge in [-0.25, -0.2) is 4.98 Å². The number of aromatic nitrogens is 1. The van der Waals surface area contributed by atoms with Crippen LogP contribution in [0.25, 0.3) is 0 Å². The highest BCUT2D eigenvalue weighted by molar-refractivity contribution is 6.76. The third-order valence-corrected chi connectivity index (χ3v) is 8.30. The predicted octanol–water partition coefficient (Wildman–Crippen LogP) is 2.40. The molecule has 1 atom stereocenters. The van der Waals surface area contributed by atoms with E-state index in [-0.39, 0.29) is 50.2 Å². The largest absolute Gasteiger partial charge is 0.479 e. The number of carbonyl (C=O) groups is 4. The number of imide groups is 1. The molecule has 0 bridgehead atoms. The number of nitrogens with two attached hydrogens (primary N) is 1. The standard InChI is InChI=1S/C28H32N4O6Si/c1-39(2,3)15-14-37-18-32-25(33)12-11-24(28(32)36)31-17-22-19(6-4-8-21(22)27(31)35)7-5-13-38-20-9-10-23(26(29)34)30-16-20/h4,6,8-10,16,24H,11-15,17-18H2,1-3H3,(H2,29,34). The summed E-state index contributed by atoms with van der Waals surface area (Å²) in [5.74, 6) is 4.86. The number of nitrogens with zero attached hydrogens (tertiary/aromatic N) is 3. The van der Waals surface area contributed by atoms with Gasteiger partial charge in [0.2, 0.25) is 5.91 Å². The molecule has 0 spiro atoms. The summed E-state index contributed by atoms with van der Waals surface area (Å²) in [6, 6.07) is 8.54. The van der Waals surface area contributed by atoms with E-state index in [0.717, 1.165) is 16.5 Å². The van der Waals surface area contributed by atoms with E-state index >= 15 is 0 Å². The number of hydrogen-bond acceptors (Lipinski definition) is 7. The summed E-state index contributed by atoms with van der Waals surface area (Å²) >= 11 is 0. The van der Waals surface area contributed by atoms with Crippen LogP contribution >= 0.6 is 0 Å². The molecular formula is C28H32N4O6Si. The SMILES string of the molecule is C[Si](C)(C)CCOCN1C(=O)CCC(N2Cc3c(C#CCOc4ccc(C(N)=O)nc4)cccc3C2=O)C1=O. The molecule has 2 aliphatic heterocycles. The molecule has 10 nitrogen and oxygen atoms in total. The molecular weight excluding hydrogens is 516 g/mol. The van der Waals surface area contributed by atoms with Crippen LogP contribution in [0.4, 0.5) is 0 Å². The number of fused-ring (bicyclic) bond motifs is 1. The maximum atomic E-state index is 13.3. The van der Waals surface area contributed by atoms with Crippen molar-refractivity contribution in [2.24, 2.45) is 5.73 Å². The number of amides is 4. The topological polar surface area (TPSA) is 132 Å². The molecule has 1 aromatic carbocycles. The van der Waals surface area contributed by atoms with E-state index in [9.17, 15) is 19.2 Å². The predicted molar refractivity (Wildman–Crippen MR) is 145 cm³/mol. The number of ether oxygens (including phenoxy) is 2. The van der Waals surface area contributed by atoms with Gasteiger partial charge in [0.15, 0.2) is 0 Å². The maximum Gasteiger partial charge on any atom is 0.267 e. The molecule has 1 saturated heterocycles. The Morgan fingerprint density at radius 2 is 1.97 bits per heavy atom. The van der Waals surface area contributed by atoms with Crippen LogP contribution in [0.3, 0.4) is 0 Å². The number of carbonyl (C=O) groups excluding carboxylic acids is 4. The minimum atomic E-state index is -1.30. The molecule has 204 valence electrons. The third kappa shape index (κ3) is 6.71. The first-order chi connectivity index (χ1) is 18.5. The maximum absolute atomic E-state index is 13.3. The first-order valence-electron chi connectivity index (χ1n) is 12.8. The Balaban J connectivity index is 1.40. The minimum Gasteiger partial charge on any atom is -0.479 e. The molecule has 0 radical (unpaired) electrons. The molecule has 4 rings (SSSR count). The summed E-state index contributed by atoms with van der Waals surface area (Å²) in [6.45, 7) is 7.39. The van der Waals surface area contributed by atoms with Gasteiger partial charge in [-0.15, -0.1) is 0 Å². The van der Waals surface area contributed by atoms with Crippen LogP contribution in [-0.4, -0.2) is 72.5 Å². The number of pyridine rings is 1. The van der Waals surface area contributed by atoms with Crippen molar-refractivity contribution in [3.05, 3.63) is 58.9 Å². The van der Waals surface area contributed by atoms with Crippen molar-refractivity contribution in [3.8, 4) is 17.6 Å². The van der Waals surface area contributed by atoms with Gasteiger partial charge in [-0.1, -0.05) is 37.5 Å². The van der Waals surface area contributed by atoms with Gasteiger partial charge in [-0.05, 0) is 42.3 Å². The Labute approximate surface area is 228 Å². The van der Waals surface area contributed by atoms with Crippen LogP contribution in [0.5, 0.6) is 5.75 Å². The Kier molecular flexibility index (Phi) is 8.47. The normalized spacial score (nSPS) is 17.1. The zero-order chi connectivity index (χ0) is 28.2. The Morgan fingerprint density at radius 1 is 1.18 bits per heavy atom. The monoisotopic (exact) mass is 548 g/mol. The smallest absolute Gasteiger partial charge is 0.267 e. The fourth-order valence-electron chi connectivity index (χ4n) is 4.37. The number of benzene rings is 1. The lowest BCUT2D eigenvalue weighted by atomic mass is 10.0. The number of hydrogen-bond donors (Lipinski definition) is 1. The van der Waals surface area contributed by atoms with Gasteiger partial charge in [-0.3, -0.25) is 24.1 Å². The highest BCUT2D eigenvalue weighted by Crippen LogP contribution is 2.31. The van der Waals surface area contributed by atoms with Crippen molar-refractivity contribution < 1.29 is 28.7 Å². The van der Waals surface area contributed by atoms with Crippen LogP contribution in [0.2, 0.25) is 25.7 Å². The molecule has 4 amide bonds. The van der Waals surface area contributed by atoms with Gasteiger partial charge in [0.05, 0.1) is 6.20 Å². The Hall–Kier alpha value is -4.01. The van der Waals surface area contributed by atoms with Crippen LogP contribution in [-0.2, 0) is 20.9 Å². The van der Waals surface area contributed by atoms with Crippen molar-refractivity contribution in [1.29, 1.82) is 0 Å². The molecule has 1 fully saturated rings. The quantitative estimate of drug-likeness (QED) is 0.220. The first kappa shape index (κ1) is 28.0. The van der Waals surface area contributed by atoms with Crippen molar-refractivity contribution >= 4 is 31.7 Å². The van der Waals surface area contributed by atoms with Crippen LogP contribution in [0.15, 0.2) is 36.5 Å². The van der Waals surface area contributed by atoms with Gasteiger partial charge in [0.1, 0.15) is 30.8 Å². The lowest BCUT2D eigenvalue weighted by molar-refractivity contribution is -0.158. The van der Waals surface area contributed by atoms with E-state index in [2.05, 4.69) is 36.5 Å². The average Bonchev–Trinajstić information content (AvgIpc) is 3.22. The second kappa shape index (κ2) is 11.8. The van der Waals surface area contributed by atoms with Gasteiger partial charge < -0.3 is 20.1 Å². The number of likely N-dealkylation sites (tertiary alicyclic amines) is 1. The van der Waals surface area contributed by atoms with Gasteiger partial charge in [-0.2, -0.15) is 0 Å². The number of piperidine rings is 1. The zero-order valence-electron chi connectivity index (χ0n) is 22.4. The molecule has 3 heterocycles. The molecule has 39 heavy (non-hydrogen) atoms. The summed E-state index contributed by atoms with van der Waals surface area (Å²) < 4.78 is 11.2. The number of primary amides is 1. The number of rotatable bonds is 9. The molecule has 0 saturated carbocycles. The summed E-state index contributed by atoms with van der Waals surface area (Å²) in [7, 11) is -1.30. The molecule has 2 aromatic rings.